The van der Waals surface area contributed by atoms with Gasteiger partial charge in [0.2, 0.25) is 0 Å². The van der Waals surface area contributed by atoms with Crippen molar-refractivity contribution in [1.29, 1.82) is 0 Å². The summed E-state index contributed by atoms with van der Waals surface area (Å²) in [5.41, 5.74) is 8.62. The monoisotopic (exact) mass is 252 g/mol. The number of benzene rings is 1. The van der Waals surface area contributed by atoms with Crippen molar-refractivity contribution in [2.24, 2.45) is 5.73 Å². The SMILES string of the molecule is Cc1c(Cl)cccc1N1CC(N)CCC1(C)C. The zero-order valence-corrected chi connectivity index (χ0v) is 11.6. The van der Waals surface area contributed by atoms with Crippen molar-refractivity contribution in [3.8, 4) is 0 Å². The molecule has 0 saturated carbocycles. The third-order valence-electron chi connectivity index (χ3n) is 3.80. The molecule has 2 rings (SSSR count). The van der Waals surface area contributed by atoms with Crippen LogP contribution in [0.15, 0.2) is 18.2 Å². The third kappa shape index (κ3) is 2.43. The van der Waals surface area contributed by atoms with Crippen LogP contribution >= 0.6 is 11.6 Å². The molecule has 1 fully saturated rings. The second-order valence-electron chi connectivity index (χ2n) is 5.61. The van der Waals surface area contributed by atoms with E-state index in [0.29, 0.717) is 0 Å². The van der Waals surface area contributed by atoms with Crippen molar-refractivity contribution < 1.29 is 0 Å². The normalized spacial score (nSPS) is 23.8. The molecule has 3 heteroatoms. The Balaban J connectivity index is 2.40. The van der Waals surface area contributed by atoms with E-state index in [9.17, 15) is 0 Å². The average Bonchev–Trinajstić information content (AvgIpc) is 2.26. The Morgan fingerprint density at radius 1 is 1.41 bits per heavy atom. The molecule has 1 aromatic carbocycles. The van der Waals surface area contributed by atoms with Gasteiger partial charge in [-0.2, -0.15) is 0 Å². The lowest BCUT2D eigenvalue weighted by atomic mass is 9.87. The van der Waals surface area contributed by atoms with Crippen LogP contribution in [0.25, 0.3) is 0 Å². The van der Waals surface area contributed by atoms with Crippen molar-refractivity contribution >= 4 is 17.3 Å². The molecule has 0 bridgehead atoms. The summed E-state index contributed by atoms with van der Waals surface area (Å²) < 4.78 is 0. The minimum absolute atomic E-state index is 0.158. The first-order valence-electron chi connectivity index (χ1n) is 6.20. The molecule has 1 aliphatic heterocycles. The zero-order chi connectivity index (χ0) is 12.6. The third-order valence-corrected chi connectivity index (χ3v) is 4.21. The maximum atomic E-state index is 6.20. The first-order chi connectivity index (χ1) is 7.92. The smallest absolute Gasteiger partial charge is 0.0455 e. The second-order valence-corrected chi connectivity index (χ2v) is 6.01. The molecule has 0 spiro atoms. The number of halogens is 1. The van der Waals surface area contributed by atoms with Gasteiger partial charge in [0.05, 0.1) is 0 Å². The molecule has 1 atom stereocenters. The molecule has 1 aliphatic rings. The molecule has 2 N–H and O–H groups in total. The highest BCUT2D eigenvalue weighted by Crippen LogP contribution is 2.35. The first-order valence-corrected chi connectivity index (χ1v) is 6.58. The van der Waals surface area contributed by atoms with E-state index in [1.807, 2.05) is 12.1 Å². The van der Waals surface area contributed by atoms with E-state index in [-0.39, 0.29) is 11.6 Å². The summed E-state index contributed by atoms with van der Waals surface area (Å²) in [5, 5.41) is 0.831. The minimum Gasteiger partial charge on any atom is -0.365 e. The molecule has 2 nitrogen and oxygen atoms in total. The molecular formula is C14H21ClN2. The Morgan fingerprint density at radius 3 is 2.82 bits per heavy atom. The van der Waals surface area contributed by atoms with E-state index in [1.54, 1.807) is 0 Å². The Hall–Kier alpha value is -0.730. The largest absolute Gasteiger partial charge is 0.365 e. The fraction of sp³-hybridized carbons (Fsp3) is 0.571. The van der Waals surface area contributed by atoms with Gasteiger partial charge in [-0.25, -0.2) is 0 Å². The number of hydrogen-bond donors (Lipinski definition) is 1. The quantitative estimate of drug-likeness (QED) is 0.831. The van der Waals surface area contributed by atoms with Gasteiger partial charge in [-0.1, -0.05) is 17.7 Å². The van der Waals surface area contributed by atoms with Crippen LogP contribution in [-0.4, -0.2) is 18.1 Å². The Labute approximate surface area is 109 Å². The number of anilines is 1. The highest BCUT2D eigenvalue weighted by Gasteiger charge is 2.33. The van der Waals surface area contributed by atoms with Crippen LogP contribution in [-0.2, 0) is 0 Å². The predicted octanol–water partition coefficient (Wildman–Crippen LogP) is 3.35. The average molecular weight is 253 g/mol. The predicted molar refractivity (Wildman–Crippen MR) is 74.8 cm³/mol. The van der Waals surface area contributed by atoms with E-state index in [2.05, 4.69) is 31.7 Å². The lowest BCUT2D eigenvalue weighted by Gasteiger charge is -2.47. The summed E-state index contributed by atoms with van der Waals surface area (Å²) in [6.45, 7) is 7.54. The summed E-state index contributed by atoms with van der Waals surface area (Å²) in [5.74, 6) is 0. The van der Waals surface area contributed by atoms with Gasteiger partial charge >= 0.3 is 0 Å². The highest BCUT2D eigenvalue weighted by atomic mass is 35.5. The maximum Gasteiger partial charge on any atom is 0.0455 e. The van der Waals surface area contributed by atoms with Crippen LogP contribution in [0.3, 0.4) is 0 Å². The number of nitrogens with zero attached hydrogens (tertiary/aromatic N) is 1. The molecule has 0 aromatic heterocycles. The lowest BCUT2D eigenvalue weighted by molar-refractivity contribution is 0.334. The van der Waals surface area contributed by atoms with Crippen LogP contribution < -0.4 is 10.6 Å². The van der Waals surface area contributed by atoms with Gasteiger partial charge in [0, 0.05) is 28.8 Å². The Morgan fingerprint density at radius 2 is 2.12 bits per heavy atom. The van der Waals surface area contributed by atoms with Gasteiger partial charge in [-0.15, -0.1) is 0 Å². The van der Waals surface area contributed by atoms with Crippen LogP contribution in [0.1, 0.15) is 32.3 Å². The van der Waals surface area contributed by atoms with Crippen molar-refractivity contribution in [3.05, 3.63) is 28.8 Å². The van der Waals surface area contributed by atoms with Crippen molar-refractivity contribution in [3.63, 3.8) is 0 Å². The summed E-state index contributed by atoms with van der Waals surface area (Å²) in [6.07, 6.45) is 2.23. The molecule has 1 saturated heterocycles. The first kappa shape index (κ1) is 12.7. The topological polar surface area (TPSA) is 29.3 Å². The van der Waals surface area contributed by atoms with E-state index >= 15 is 0 Å². The summed E-state index contributed by atoms with van der Waals surface area (Å²) in [4.78, 5) is 2.41. The minimum atomic E-state index is 0.158. The number of nitrogens with two attached hydrogens (primary N) is 1. The van der Waals surface area contributed by atoms with Crippen LogP contribution in [0.4, 0.5) is 5.69 Å². The fourth-order valence-electron chi connectivity index (χ4n) is 2.56. The molecule has 0 aliphatic carbocycles. The summed E-state index contributed by atoms with van der Waals surface area (Å²) in [7, 11) is 0. The van der Waals surface area contributed by atoms with E-state index in [0.717, 1.165) is 30.0 Å². The van der Waals surface area contributed by atoms with Gasteiger partial charge in [0.15, 0.2) is 0 Å². The Kier molecular flexibility index (Phi) is 3.37. The van der Waals surface area contributed by atoms with Crippen molar-refractivity contribution in [2.45, 2.75) is 45.2 Å². The van der Waals surface area contributed by atoms with E-state index < -0.39 is 0 Å². The summed E-state index contributed by atoms with van der Waals surface area (Å²) in [6, 6.07) is 6.36. The Bertz CT molecular complexity index is 415. The maximum absolute atomic E-state index is 6.20. The molecule has 1 unspecified atom stereocenters. The van der Waals surface area contributed by atoms with Gasteiger partial charge in [-0.05, 0) is 51.3 Å². The van der Waals surface area contributed by atoms with Gasteiger partial charge in [0.25, 0.3) is 0 Å². The number of hydrogen-bond acceptors (Lipinski definition) is 2. The second kappa shape index (κ2) is 4.51. The summed E-state index contributed by atoms with van der Waals surface area (Å²) >= 11 is 6.20. The van der Waals surface area contributed by atoms with E-state index in [1.165, 1.54) is 5.69 Å². The number of rotatable bonds is 1. The molecule has 0 radical (unpaired) electrons. The fourth-order valence-corrected chi connectivity index (χ4v) is 2.73. The van der Waals surface area contributed by atoms with E-state index in [4.69, 9.17) is 17.3 Å². The van der Waals surface area contributed by atoms with Gasteiger partial charge in [0.1, 0.15) is 0 Å². The van der Waals surface area contributed by atoms with Crippen LogP contribution in [0, 0.1) is 6.92 Å². The molecule has 94 valence electrons. The number of piperidine rings is 1. The molecule has 1 aromatic rings. The van der Waals surface area contributed by atoms with Crippen molar-refractivity contribution in [1.82, 2.24) is 0 Å². The highest BCUT2D eigenvalue weighted by molar-refractivity contribution is 6.31. The molecule has 0 amide bonds. The van der Waals surface area contributed by atoms with Crippen molar-refractivity contribution in [2.75, 3.05) is 11.4 Å². The zero-order valence-electron chi connectivity index (χ0n) is 10.8. The standard InChI is InChI=1S/C14H21ClN2/c1-10-12(15)5-4-6-13(10)17-9-11(16)7-8-14(17,2)3/h4-6,11H,7-9,16H2,1-3H3. The van der Waals surface area contributed by atoms with Gasteiger partial charge < -0.3 is 10.6 Å². The van der Waals surface area contributed by atoms with Crippen LogP contribution in [0.2, 0.25) is 5.02 Å². The van der Waals surface area contributed by atoms with Gasteiger partial charge in [-0.3, -0.25) is 0 Å². The molecule has 17 heavy (non-hydrogen) atoms. The molecule has 1 heterocycles. The van der Waals surface area contributed by atoms with Crippen LogP contribution in [0.5, 0.6) is 0 Å². The lowest BCUT2D eigenvalue weighted by Crippen LogP contribution is -2.54. The molecular weight excluding hydrogens is 232 g/mol.